The summed E-state index contributed by atoms with van der Waals surface area (Å²) >= 11 is 5.93. The van der Waals surface area contributed by atoms with Crippen LogP contribution in [0.3, 0.4) is 0 Å². The third-order valence-corrected chi connectivity index (χ3v) is 1.98. The summed E-state index contributed by atoms with van der Waals surface area (Å²) in [5.41, 5.74) is 13.0. The van der Waals surface area contributed by atoms with Gasteiger partial charge in [0.2, 0.25) is 0 Å². The molecule has 66 valence electrons. The molecule has 0 aliphatic rings. The number of anilines is 1. The van der Waals surface area contributed by atoms with Gasteiger partial charge in [-0.25, -0.2) is 0 Å². The quantitative estimate of drug-likeness (QED) is 0.689. The molecule has 0 saturated carbocycles. The van der Waals surface area contributed by atoms with Crippen LogP contribution in [0.1, 0.15) is 12.5 Å². The lowest BCUT2D eigenvalue weighted by Crippen LogP contribution is -2.18. The Balaban J connectivity index is 2.90. The van der Waals surface area contributed by atoms with Crippen molar-refractivity contribution < 1.29 is 0 Å². The topological polar surface area (TPSA) is 52.0 Å². The smallest absolute Gasteiger partial charge is 0.0440 e. The summed E-state index contributed by atoms with van der Waals surface area (Å²) in [6, 6.07) is 5.57. The van der Waals surface area contributed by atoms with Crippen LogP contribution in [0, 0.1) is 0 Å². The highest BCUT2D eigenvalue weighted by atomic mass is 35.5. The van der Waals surface area contributed by atoms with Gasteiger partial charge in [-0.2, -0.15) is 0 Å². The molecule has 1 aromatic rings. The molecule has 0 heterocycles. The minimum absolute atomic E-state index is 0.115. The third-order valence-electron chi connectivity index (χ3n) is 1.61. The van der Waals surface area contributed by atoms with E-state index in [0.717, 1.165) is 22.7 Å². The summed E-state index contributed by atoms with van der Waals surface area (Å²) < 4.78 is 0. The molecule has 0 saturated heterocycles. The van der Waals surface area contributed by atoms with E-state index in [1.807, 2.05) is 13.0 Å². The number of halogens is 1. The molecule has 1 atom stereocenters. The van der Waals surface area contributed by atoms with Gasteiger partial charge >= 0.3 is 0 Å². The van der Waals surface area contributed by atoms with Crippen molar-refractivity contribution in [1.82, 2.24) is 0 Å². The van der Waals surface area contributed by atoms with Gasteiger partial charge in [-0.05, 0) is 37.1 Å². The molecule has 4 N–H and O–H groups in total. The van der Waals surface area contributed by atoms with E-state index in [1.165, 1.54) is 0 Å². The van der Waals surface area contributed by atoms with E-state index in [-0.39, 0.29) is 6.04 Å². The van der Waals surface area contributed by atoms with Gasteiger partial charge in [-0.15, -0.1) is 0 Å². The Hall–Kier alpha value is -0.730. The molecule has 1 unspecified atom stereocenters. The van der Waals surface area contributed by atoms with Gasteiger partial charge < -0.3 is 11.5 Å². The predicted molar refractivity (Wildman–Crippen MR) is 53.2 cm³/mol. The van der Waals surface area contributed by atoms with Gasteiger partial charge in [0, 0.05) is 16.8 Å². The maximum atomic E-state index is 5.93. The second kappa shape index (κ2) is 3.78. The number of benzene rings is 1. The molecule has 0 bridgehead atoms. The monoisotopic (exact) mass is 184 g/mol. The lowest BCUT2D eigenvalue weighted by Gasteiger charge is -2.07. The van der Waals surface area contributed by atoms with Gasteiger partial charge in [-0.1, -0.05) is 11.6 Å². The van der Waals surface area contributed by atoms with Crippen LogP contribution < -0.4 is 11.5 Å². The van der Waals surface area contributed by atoms with Crippen molar-refractivity contribution in [2.75, 3.05) is 5.73 Å². The van der Waals surface area contributed by atoms with Crippen LogP contribution in [0.4, 0.5) is 5.69 Å². The van der Waals surface area contributed by atoms with E-state index < -0.39 is 0 Å². The molecule has 0 spiro atoms. The molecule has 0 aliphatic carbocycles. The van der Waals surface area contributed by atoms with Gasteiger partial charge in [0.05, 0.1) is 0 Å². The minimum atomic E-state index is 0.115. The molecule has 0 aromatic heterocycles. The Morgan fingerprint density at radius 1 is 1.50 bits per heavy atom. The highest BCUT2D eigenvalue weighted by molar-refractivity contribution is 6.31. The molecule has 0 aliphatic heterocycles. The summed E-state index contributed by atoms with van der Waals surface area (Å²) in [7, 11) is 0. The van der Waals surface area contributed by atoms with Crippen molar-refractivity contribution >= 4 is 17.3 Å². The Morgan fingerprint density at radius 3 is 2.75 bits per heavy atom. The van der Waals surface area contributed by atoms with Gasteiger partial charge in [0.1, 0.15) is 0 Å². The Morgan fingerprint density at radius 2 is 2.17 bits per heavy atom. The highest BCUT2D eigenvalue weighted by Crippen LogP contribution is 2.19. The molecular weight excluding hydrogens is 172 g/mol. The van der Waals surface area contributed by atoms with Gasteiger partial charge in [0.25, 0.3) is 0 Å². The van der Waals surface area contributed by atoms with Crippen LogP contribution >= 0.6 is 11.6 Å². The zero-order chi connectivity index (χ0) is 9.14. The number of nitrogen functional groups attached to an aromatic ring is 1. The van der Waals surface area contributed by atoms with E-state index in [2.05, 4.69) is 0 Å². The Bertz CT molecular complexity index is 271. The standard InChI is InChI=1S/C9H13ClN2/c1-6(11)4-7-5-8(12)2-3-9(7)10/h2-3,5-6H,4,11-12H2,1H3. The highest BCUT2D eigenvalue weighted by Gasteiger charge is 2.02. The Kier molecular flexibility index (Phi) is 2.95. The SMILES string of the molecule is CC(N)Cc1cc(N)ccc1Cl. The minimum Gasteiger partial charge on any atom is -0.399 e. The fourth-order valence-corrected chi connectivity index (χ4v) is 1.29. The molecule has 3 heteroatoms. The second-order valence-corrected chi connectivity index (χ2v) is 3.44. The lowest BCUT2D eigenvalue weighted by atomic mass is 10.1. The van der Waals surface area contributed by atoms with Crippen molar-refractivity contribution in [3.8, 4) is 0 Å². The van der Waals surface area contributed by atoms with Crippen LogP contribution in [0.2, 0.25) is 5.02 Å². The third kappa shape index (κ3) is 2.40. The number of hydrogen-bond donors (Lipinski definition) is 2. The van der Waals surface area contributed by atoms with Crippen LogP contribution in [-0.2, 0) is 6.42 Å². The normalized spacial score (nSPS) is 12.9. The van der Waals surface area contributed by atoms with Crippen LogP contribution in [0.25, 0.3) is 0 Å². The zero-order valence-corrected chi connectivity index (χ0v) is 7.81. The van der Waals surface area contributed by atoms with Crippen molar-refractivity contribution in [2.45, 2.75) is 19.4 Å². The maximum absolute atomic E-state index is 5.93. The van der Waals surface area contributed by atoms with Crippen LogP contribution in [0.15, 0.2) is 18.2 Å². The first-order chi connectivity index (χ1) is 5.59. The fourth-order valence-electron chi connectivity index (χ4n) is 1.10. The summed E-state index contributed by atoms with van der Waals surface area (Å²) in [6.45, 7) is 1.94. The fraction of sp³-hybridized carbons (Fsp3) is 0.333. The van der Waals surface area contributed by atoms with E-state index in [0.29, 0.717) is 0 Å². The average Bonchev–Trinajstić information content (AvgIpc) is 1.96. The number of hydrogen-bond acceptors (Lipinski definition) is 2. The average molecular weight is 185 g/mol. The summed E-state index contributed by atoms with van der Waals surface area (Å²) in [5, 5.41) is 0.738. The van der Waals surface area contributed by atoms with Crippen molar-refractivity contribution in [3.05, 3.63) is 28.8 Å². The predicted octanol–water partition coefficient (Wildman–Crippen LogP) is 1.81. The van der Waals surface area contributed by atoms with Gasteiger partial charge in [-0.3, -0.25) is 0 Å². The van der Waals surface area contributed by atoms with E-state index in [9.17, 15) is 0 Å². The summed E-state index contributed by atoms with van der Waals surface area (Å²) in [5.74, 6) is 0. The molecule has 2 nitrogen and oxygen atoms in total. The molecule has 0 radical (unpaired) electrons. The van der Waals surface area contributed by atoms with E-state index >= 15 is 0 Å². The van der Waals surface area contributed by atoms with Gasteiger partial charge in [0.15, 0.2) is 0 Å². The molecule has 1 aromatic carbocycles. The maximum Gasteiger partial charge on any atom is 0.0440 e. The first kappa shape index (κ1) is 9.36. The zero-order valence-electron chi connectivity index (χ0n) is 7.05. The summed E-state index contributed by atoms with van der Waals surface area (Å²) in [6.07, 6.45) is 0.768. The second-order valence-electron chi connectivity index (χ2n) is 3.03. The Labute approximate surface area is 77.5 Å². The van der Waals surface area contributed by atoms with E-state index in [1.54, 1.807) is 12.1 Å². The number of nitrogens with two attached hydrogens (primary N) is 2. The van der Waals surface area contributed by atoms with Crippen molar-refractivity contribution in [2.24, 2.45) is 5.73 Å². The van der Waals surface area contributed by atoms with Crippen molar-refractivity contribution in [3.63, 3.8) is 0 Å². The first-order valence-corrected chi connectivity index (χ1v) is 4.27. The van der Waals surface area contributed by atoms with Crippen LogP contribution in [0.5, 0.6) is 0 Å². The number of rotatable bonds is 2. The molecular formula is C9H13ClN2. The first-order valence-electron chi connectivity index (χ1n) is 3.89. The largest absolute Gasteiger partial charge is 0.399 e. The lowest BCUT2D eigenvalue weighted by molar-refractivity contribution is 0.738. The van der Waals surface area contributed by atoms with Crippen LogP contribution in [-0.4, -0.2) is 6.04 Å². The van der Waals surface area contributed by atoms with Crippen molar-refractivity contribution in [1.29, 1.82) is 0 Å². The molecule has 12 heavy (non-hydrogen) atoms. The summed E-state index contributed by atoms with van der Waals surface area (Å²) in [4.78, 5) is 0. The van der Waals surface area contributed by atoms with E-state index in [4.69, 9.17) is 23.1 Å². The molecule has 0 fully saturated rings. The molecule has 0 amide bonds. The molecule has 1 rings (SSSR count).